The molecule has 0 spiro atoms. The highest BCUT2D eigenvalue weighted by molar-refractivity contribution is 8.04. The number of rotatable bonds is 3. The second-order valence-corrected chi connectivity index (χ2v) is 12.1. The van der Waals surface area contributed by atoms with Gasteiger partial charge in [0, 0.05) is 24.0 Å². The number of amides is 1. The van der Waals surface area contributed by atoms with Gasteiger partial charge in [0.1, 0.15) is 29.0 Å². The third kappa shape index (κ3) is 3.20. The van der Waals surface area contributed by atoms with E-state index in [0.717, 1.165) is 0 Å². The highest BCUT2D eigenvalue weighted by Crippen LogP contribution is 2.49. The molecule has 4 N–H and O–H groups in total. The Bertz CT molecular complexity index is 1220. The third-order valence-corrected chi connectivity index (χ3v) is 10.8. The van der Waals surface area contributed by atoms with E-state index in [1.807, 2.05) is 6.07 Å². The largest absolute Gasteiger partial charge is 0.386 e. The minimum Gasteiger partial charge on any atom is -0.386 e. The minimum atomic E-state index is -3.03. The monoisotopic (exact) mass is 456 g/mol. The van der Waals surface area contributed by atoms with Crippen molar-refractivity contribution in [3.63, 3.8) is 0 Å². The minimum absolute atomic E-state index is 0.118. The number of fused-ring (bicyclic) bond motifs is 1. The van der Waals surface area contributed by atoms with Crippen LogP contribution in [0.4, 0.5) is 10.1 Å². The van der Waals surface area contributed by atoms with Gasteiger partial charge in [0.05, 0.1) is 15.6 Å². The Morgan fingerprint density at radius 3 is 2.75 bits per heavy atom. The van der Waals surface area contributed by atoms with Crippen molar-refractivity contribution in [2.24, 2.45) is 10.7 Å². The third-order valence-electron chi connectivity index (χ3n) is 6.56. The summed E-state index contributed by atoms with van der Waals surface area (Å²) >= 11 is 0. The van der Waals surface area contributed by atoms with Crippen LogP contribution in [0, 0.1) is 17.1 Å². The van der Waals surface area contributed by atoms with E-state index in [2.05, 4.69) is 20.0 Å². The summed E-state index contributed by atoms with van der Waals surface area (Å²) in [4.78, 5) is 21.2. The Kier molecular flexibility index (Phi) is 5.14. The zero-order chi connectivity index (χ0) is 23.3. The number of anilines is 1. The topological polar surface area (TPSA) is 133 Å². The van der Waals surface area contributed by atoms with Gasteiger partial charge in [-0.2, -0.15) is 5.26 Å². The Hall–Kier alpha value is -3.16. The number of aromatic nitrogens is 1. The van der Waals surface area contributed by atoms with Crippen LogP contribution in [0.5, 0.6) is 0 Å². The van der Waals surface area contributed by atoms with E-state index in [9.17, 15) is 9.00 Å². The molecule has 10 heteroatoms. The highest BCUT2D eigenvalue weighted by Gasteiger charge is 2.58. The molecule has 2 aliphatic rings. The van der Waals surface area contributed by atoms with Crippen LogP contribution in [0.15, 0.2) is 41.5 Å². The zero-order valence-corrected chi connectivity index (χ0v) is 18.9. The maximum atomic E-state index is 15.1. The molecular formula is C22H25FN6O2S. The number of carbonyl (C=O) groups excluding carboxylic acids is 1. The Morgan fingerprint density at radius 2 is 2.09 bits per heavy atom. The van der Waals surface area contributed by atoms with E-state index >= 15 is 4.39 Å². The van der Waals surface area contributed by atoms with Crippen molar-refractivity contribution >= 4 is 27.5 Å². The molecule has 0 unspecified atom stereocenters. The number of aliphatic imine (C=N–C) groups is 1. The van der Waals surface area contributed by atoms with Gasteiger partial charge in [-0.1, -0.05) is 0 Å². The zero-order valence-electron chi connectivity index (χ0n) is 18.0. The molecule has 0 saturated carbocycles. The van der Waals surface area contributed by atoms with Gasteiger partial charge in [0.25, 0.3) is 5.91 Å². The molecule has 8 nitrogen and oxygen atoms in total. The Balaban J connectivity index is 1.72. The quantitative estimate of drug-likeness (QED) is 0.524. The predicted molar refractivity (Wildman–Crippen MR) is 122 cm³/mol. The van der Waals surface area contributed by atoms with Crippen LogP contribution in [-0.4, -0.2) is 37.5 Å². The van der Waals surface area contributed by atoms with Gasteiger partial charge >= 0.3 is 0 Å². The van der Waals surface area contributed by atoms with Crippen molar-refractivity contribution in [2.75, 3.05) is 11.9 Å². The van der Waals surface area contributed by atoms with Crippen LogP contribution in [0.1, 0.15) is 48.8 Å². The second-order valence-electron chi connectivity index (χ2n) is 8.77. The number of halogens is 1. The van der Waals surface area contributed by atoms with E-state index in [4.69, 9.17) is 11.0 Å². The summed E-state index contributed by atoms with van der Waals surface area (Å²) in [5.74, 6) is -0.806. The predicted octanol–water partition coefficient (Wildman–Crippen LogP) is 2.00. The van der Waals surface area contributed by atoms with E-state index in [-0.39, 0.29) is 17.1 Å². The lowest BCUT2D eigenvalue weighted by molar-refractivity contribution is 0.102. The van der Waals surface area contributed by atoms with Crippen molar-refractivity contribution in [1.82, 2.24) is 9.71 Å². The number of nitrogens with one attached hydrogen (secondary N) is 2. The summed E-state index contributed by atoms with van der Waals surface area (Å²) < 4.78 is 31.3. The SMILES string of the molecule is CC1(C)C(N)=N[C@](C)(c2cc(NC(=O)c3ccc(C#N)cn3)ccc2F)[C@@H]2CCN[SH]21=O. The smallest absolute Gasteiger partial charge is 0.274 e. The van der Waals surface area contributed by atoms with E-state index in [0.29, 0.717) is 24.2 Å². The molecule has 0 aliphatic carbocycles. The molecule has 1 amide bonds. The maximum absolute atomic E-state index is 15.1. The van der Waals surface area contributed by atoms with E-state index < -0.39 is 37.4 Å². The number of nitrogens with two attached hydrogens (primary N) is 1. The number of amidine groups is 1. The summed E-state index contributed by atoms with van der Waals surface area (Å²) in [6.07, 6.45) is 1.87. The second kappa shape index (κ2) is 7.46. The number of carbonyl (C=O) groups is 1. The number of pyridine rings is 1. The van der Waals surface area contributed by atoms with Crippen LogP contribution in [0.3, 0.4) is 0 Å². The lowest BCUT2D eigenvalue weighted by Crippen LogP contribution is -2.64. The lowest BCUT2D eigenvalue weighted by Gasteiger charge is -2.50. The molecule has 2 atom stereocenters. The summed E-state index contributed by atoms with van der Waals surface area (Å²) in [6, 6.07) is 9.07. The molecule has 1 saturated heterocycles. The summed E-state index contributed by atoms with van der Waals surface area (Å²) in [6.45, 7) is 5.88. The fourth-order valence-corrected chi connectivity index (χ4v) is 8.18. The number of nitriles is 1. The van der Waals surface area contributed by atoms with Gasteiger partial charge in [-0.05, 0) is 67.6 Å². The van der Waals surface area contributed by atoms with E-state index in [1.165, 1.54) is 36.5 Å². The number of hydrogen-bond acceptors (Lipinski definition) is 6. The summed E-state index contributed by atoms with van der Waals surface area (Å²) in [5, 5.41) is 11.1. The number of benzene rings is 1. The lowest BCUT2D eigenvalue weighted by atomic mass is 9.86. The molecule has 2 aliphatic heterocycles. The average molecular weight is 457 g/mol. The molecular weight excluding hydrogens is 431 g/mol. The molecule has 168 valence electrons. The molecule has 4 rings (SSSR count). The number of hydrogen-bond donors (Lipinski definition) is 4. The van der Waals surface area contributed by atoms with Gasteiger partial charge in [-0.25, -0.2) is 9.37 Å². The number of nitrogens with zero attached hydrogens (tertiary/aromatic N) is 3. The van der Waals surface area contributed by atoms with Crippen molar-refractivity contribution in [3.05, 3.63) is 59.2 Å². The Labute approximate surface area is 186 Å². The van der Waals surface area contributed by atoms with Gasteiger partial charge in [0.15, 0.2) is 0 Å². The van der Waals surface area contributed by atoms with Crippen molar-refractivity contribution in [2.45, 2.75) is 42.7 Å². The van der Waals surface area contributed by atoms with Crippen LogP contribution < -0.4 is 15.8 Å². The summed E-state index contributed by atoms with van der Waals surface area (Å²) in [5.41, 5.74) is 6.11. The van der Waals surface area contributed by atoms with Crippen LogP contribution in [-0.2, 0) is 15.7 Å². The molecule has 2 aromatic rings. The molecule has 1 fully saturated rings. The summed E-state index contributed by atoms with van der Waals surface area (Å²) in [7, 11) is -3.03. The van der Waals surface area contributed by atoms with Crippen LogP contribution >= 0.6 is 0 Å². The normalized spacial score (nSPS) is 26.3. The highest BCUT2D eigenvalue weighted by atomic mass is 32.3. The van der Waals surface area contributed by atoms with E-state index in [1.54, 1.807) is 20.8 Å². The molecule has 3 heterocycles. The standard InChI is InChI=1S/C22H25FN6O2S/c1-21(2)20(25)29-22(3,18-8-9-27-32(18,21)31)15-10-14(5-6-16(15)23)28-19(30)17-7-4-13(11-24)12-26-17/h4-7,10,12,18,32H,8-9H2,1-3H3,(H2,25,29)(H,27,31)(H,28,30)/t18-,22+/m0/s1. The molecule has 0 bridgehead atoms. The van der Waals surface area contributed by atoms with Crippen LogP contribution in [0.25, 0.3) is 0 Å². The molecule has 0 radical (unpaired) electrons. The Morgan fingerprint density at radius 1 is 1.34 bits per heavy atom. The van der Waals surface area contributed by atoms with Crippen molar-refractivity contribution < 1.29 is 13.4 Å². The first-order valence-electron chi connectivity index (χ1n) is 10.2. The average Bonchev–Trinajstić information content (AvgIpc) is 3.18. The first kappa shape index (κ1) is 22.0. The van der Waals surface area contributed by atoms with Crippen molar-refractivity contribution in [3.8, 4) is 6.07 Å². The molecule has 1 aromatic carbocycles. The molecule has 1 aromatic heterocycles. The van der Waals surface area contributed by atoms with Gasteiger partial charge < -0.3 is 11.1 Å². The van der Waals surface area contributed by atoms with Gasteiger partial charge in [-0.15, -0.1) is 0 Å². The first-order valence-corrected chi connectivity index (χ1v) is 12.0. The van der Waals surface area contributed by atoms with Crippen molar-refractivity contribution in [1.29, 1.82) is 5.26 Å². The van der Waals surface area contributed by atoms with Gasteiger partial charge in [-0.3, -0.25) is 18.7 Å². The number of thiol groups is 1. The van der Waals surface area contributed by atoms with Gasteiger partial charge in [0.2, 0.25) is 0 Å². The first-order chi connectivity index (χ1) is 15.0. The molecule has 32 heavy (non-hydrogen) atoms. The van der Waals surface area contributed by atoms with Crippen LogP contribution in [0.2, 0.25) is 0 Å². The fourth-order valence-electron chi connectivity index (χ4n) is 4.53. The fraction of sp³-hybridized carbons (Fsp3) is 0.364. The maximum Gasteiger partial charge on any atom is 0.274 e.